The van der Waals surface area contributed by atoms with Crippen LogP contribution in [0.2, 0.25) is 0 Å². The summed E-state index contributed by atoms with van der Waals surface area (Å²) in [5.74, 6) is -0.647. The smallest absolute Gasteiger partial charge is 0.245 e. The van der Waals surface area contributed by atoms with Gasteiger partial charge in [0, 0.05) is 4.47 Å². The van der Waals surface area contributed by atoms with Gasteiger partial charge in [0.05, 0.1) is 12.2 Å². The molecule has 1 aliphatic heterocycles. The highest BCUT2D eigenvalue weighted by atomic mass is 79.9. The van der Waals surface area contributed by atoms with Crippen LogP contribution >= 0.6 is 15.9 Å². The van der Waals surface area contributed by atoms with Gasteiger partial charge in [0.2, 0.25) is 5.91 Å². The van der Waals surface area contributed by atoms with Gasteiger partial charge in [-0.3, -0.25) is 4.79 Å². The standard InChI is InChI=1S/C9H8BrFN2O/c10-5-1-2-8(6(11)3-5)13-4-7(12)9(13)14/h1-3,7H,4,12H2. The molecule has 14 heavy (non-hydrogen) atoms. The first-order valence-corrected chi connectivity index (χ1v) is 4.91. The predicted octanol–water partition coefficient (Wildman–Crippen LogP) is 1.26. The van der Waals surface area contributed by atoms with Gasteiger partial charge in [-0.05, 0) is 18.2 Å². The summed E-state index contributed by atoms with van der Waals surface area (Å²) in [6, 6.07) is 4.10. The Bertz CT molecular complexity index is 396. The van der Waals surface area contributed by atoms with Gasteiger partial charge < -0.3 is 10.6 Å². The van der Waals surface area contributed by atoms with E-state index in [9.17, 15) is 9.18 Å². The molecule has 1 aromatic carbocycles. The van der Waals surface area contributed by atoms with E-state index < -0.39 is 11.9 Å². The maximum Gasteiger partial charge on any atom is 0.245 e. The first-order valence-electron chi connectivity index (χ1n) is 4.11. The fraction of sp³-hybridized carbons (Fsp3) is 0.222. The quantitative estimate of drug-likeness (QED) is 0.772. The maximum absolute atomic E-state index is 13.4. The van der Waals surface area contributed by atoms with Crippen LogP contribution in [-0.2, 0) is 4.79 Å². The van der Waals surface area contributed by atoms with E-state index in [0.717, 1.165) is 0 Å². The number of nitrogens with two attached hydrogens (primary N) is 1. The van der Waals surface area contributed by atoms with E-state index in [4.69, 9.17) is 5.73 Å². The second-order valence-corrected chi connectivity index (χ2v) is 4.07. The lowest BCUT2D eigenvalue weighted by molar-refractivity contribution is -0.123. The topological polar surface area (TPSA) is 46.3 Å². The Balaban J connectivity index is 2.30. The maximum atomic E-state index is 13.4. The molecule has 1 unspecified atom stereocenters. The number of amides is 1. The van der Waals surface area contributed by atoms with Crippen molar-refractivity contribution >= 4 is 27.5 Å². The fourth-order valence-electron chi connectivity index (χ4n) is 1.37. The van der Waals surface area contributed by atoms with Crippen molar-refractivity contribution in [2.24, 2.45) is 5.73 Å². The number of anilines is 1. The zero-order chi connectivity index (χ0) is 10.3. The van der Waals surface area contributed by atoms with Crippen molar-refractivity contribution in [2.75, 3.05) is 11.4 Å². The minimum absolute atomic E-state index is 0.230. The highest BCUT2D eigenvalue weighted by Gasteiger charge is 2.35. The number of carbonyl (C=O) groups is 1. The van der Waals surface area contributed by atoms with Crippen molar-refractivity contribution in [1.82, 2.24) is 0 Å². The highest BCUT2D eigenvalue weighted by molar-refractivity contribution is 9.10. The van der Waals surface area contributed by atoms with Crippen LogP contribution in [0.5, 0.6) is 0 Å². The Labute approximate surface area is 88.8 Å². The van der Waals surface area contributed by atoms with Crippen LogP contribution in [0.25, 0.3) is 0 Å². The van der Waals surface area contributed by atoms with E-state index in [2.05, 4.69) is 15.9 Å². The SMILES string of the molecule is NC1CN(c2ccc(Br)cc2F)C1=O. The lowest BCUT2D eigenvalue weighted by atomic mass is 10.1. The van der Waals surface area contributed by atoms with Crippen LogP contribution in [0.4, 0.5) is 10.1 Å². The highest BCUT2D eigenvalue weighted by Crippen LogP contribution is 2.26. The summed E-state index contributed by atoms with van der Waals surface area (Å²) < 4.78 is 14.0. The zero-order valence-corrected chi connectivity index (χ0v) is 8.79. The van der Waals surface area contributed by atoms with Gasteiger partial charge >= 0.3 is 0 Å². The summed E-state index contributed by atoms with van der Waals surface area (Å²) in [4.78, 5) is 12.6. The van der Waals surface area contributed by atoms with Gasteiger partial charge in [-0.2, -0.15) is 0 Å². The normalized spacial score (nSPS) is 20.9. The average molecular weight is 259 g/mol. The molecule has 1 saturated heterocycles. The van der Waals surface area contributed by atoms with Crippen molar-refractivity contribution in [1.29, 1.82) is 0 Å². The number of hydrogen-bond donors (Lipinski definition) is 1. The predicted molar refractivity (Wildman–Crippen MR) is 54.4 cm³/mol. The molecule has 0 aromatic heterocycles. The molecule has 1 fully saturated rings. The molecule has 0 radical (unpaired) electrons. The molecular weight excluding hydrogens is 251 g/mol. The van der Waals surface area contributed by atoms with Crippen molar-refractivity contribution < 1.29 is 9.18 Å². The molecule has 0 spiro atoms. The summed E-state index contributed by atoms with van der Waals surface area (Å²) in [5.41, 5.74) is 5.70. The van der Waals surface area contributed by atoms with E-state index >= 15 is 0 Å². The van der Waals surface area contributed by atoms with Crippen LogP contribution < -0.4 is 10.6 Å². The van der Waals surface area contributed by atoms with Gasteiger partial charge in [0.25, 0.3) is 0 Å². The Kier molecular flexibility index (Phi) is 2.28. The molecule has 0 aliphatic carbocycles. The van der Waals surface area contributed by atoms with Gasteiger partial charge in [-0.15, -0.1) is 0 Å². The first-order chi connectivity index (χ1) is 6.59. The largest absolute Gasteiger partial charge is 0.318 e. The van der Waals surface area contributed by atoms with Crippen molar-refractivity contribution in [3.8, 4) is 0 Å². The van der Waals surface area contributed by atoms with E-state index in [1.165, 1.54) is 11.0 Å². The molecule has 3 nitrogen and oxygen atoms in total. The lowest BCUT2D eigenvalue weighted by Crippen LogP contribution is -2.61. The van der Waals surface area contributed by atoms with E-state index in [1.807, 2.05) is 0 Å². The van der Waals surface area contributed by atoms with Crippen LogP contribution in [0.15, 0.2) is 22.7 Å². The number of rotatable bonds is 1. The summed E-state index contributed by atoms with van der Waals surface area (Å²) in [5, 5.41) is 0. The molecule has 1 aliphatic rings. The van der Waals surface area contributed by atoms with Crippen LogP contribution in [0.1, 0.15) is 0 Å². The second-order valence-electron chi connectivity index (χ2n) is 3.15. The van der Waals surface area contributed by atoms with Crippen molar-refractivity contribution in [2.45, 2.75) is 6.04 Å². The van der Waals surface area contributed by atoms with E-state index in [1.54, 1.807) is 12.1 Å². The fourth-order valence-corrected chi connectivity index (χ4v) is 1.70. The number of halogens is 2. The van der Waals surface area contributed by atoms with Gasteiger partial charge in [0.1, 0.15) is 11.9 Å². The molecule has 5 heteroatoms. The first kappa shape index (κ1) is 9.61. The van der Waals surface area contributed by atoms with E-state index in [0.29, 0.717) is 16.7 Å². The Morgan fingerprint density at radius 2 is 2.29 bits per heavy atom. The Morgan fingerprint density at radius 1 is 1.57 bits per heavy atom. The molecule has 2 N–H and O–H groups in total. The molecular formula is C9H8BrFN2O. The second kappa shape index (κ2) is 3.33. The minimum Gasteiger partial charge on any atom is -0.318 e. The molecule has 2 rings (SSSR count). The lowest BCUT2D eigenvalue weighted by Gasteiger charge is -2.36. The molecule has 74 valence electrons. The molecule has 0 saturated carbocycles. The summed E-state index contributed by atoms with van der Waals surface area (Å²) >= 11 is 3.14. The van der Waals surface area contributed by atoms with Crippen molar-refractivity contribution in [3.05, 3.63) is 28.5 Å². The number of hydrogen-bond acceptors (Lipinski definition) is 2. The summed E-state index contributed by atoms with van der Waals surface area (Å²) in [6.45, 7) is 0.386. The van der Waals surface area contributed by atoms with Gasteiger partial charge in [-0.25, -0.2) is 4.39 Å². The van der Waals surface area contributed by atoms with Gasteiger partial charge in [-0.1, -0.05) is 15.9 Å². The monoisotopic (exact) mass is 258 g/mol. The van der Waals surface area contributed by atoms with E-state index in [-0.39, 0.29) is 5.91 Å². The Hall–Kier alpha value is -0.940. The van der Waals surface area contributed by atoms with Crippen LogP contribution in [0.3, 0.4) is 0 Å². The van der Waals surface area contributed by atoms with Gasteiger partial charge in [0.15, 0.2) is 0 Å². The summed E-state index contributed by atoms with van der Waals surface area (Å²) in [6.07, 6.45) is 0. The number of nitrogens with zero attached hydrogens (tertiary/aromatic N) is 1. The third-order valence-corrected chi connectivity index (χ3v) is 2.66. The van der Waals surface area contributed by atoms with Crippen LogP contribution in [-0.4, -0.2) is 18.5 Å². The molecule has 1 heterocycles. The number of carbonyl (C=O) groups excluding carboxylic acids is 1. The minimum atomic E-state index is -0.474. The zero-order valence-electron chi connectivity index (χ0n) is 7.21. The third kappa shape index (κ3) is 1.42. The average Bonchev–Trinajstić information content (AvgIpc) is 2.15. The number of β-lactam (4-membered cyclic amide) rings is 1. The van der Waals surface area contributed by atoms with Crippen molar-refractivity contribution in [3.63, 3.8) is 0 Å². The number of benzene rings is 1. The Morgan fingerprint density at radius 3 is 2.79 bits per heavy atom. The molecule has 0 bridgehead atoms. The summed E-state index contributed by atoms with van der Waals surface area (Å²) in [7, 11) is 0. The molecule has 1 atom stereocenters. The third-order valence-electron chi connectivity index (χ3n) is 2.16. The van der Waals surface area contributed by atoms with Crippen LogP contribution in [0, 0.1) is 5.82 Å². The molecule has 1 aromatic rings. The molecule has 1 amide bonds.